The van der Waals surface area contributed by atoms with Crippen molar-refractivity contribution in [1.82, 2.24) is 10.2 Å². The molecular formula is C16H21N3OS. The molecule has 1 aliphatic heterocycles. The van der Waals surface area contributed by atoms with Gasteiger partial charge in [-0.2, -0.15) is 0 Å². The van der Waals surface area contributed by atoms with Gasteiger partial charge in [0.1, 0.15) is 0 Å². The van der Waals surface area contributed by atoms with E-state index in [0.717, 1.165) is 40.2 Å². The highest BCUT2D eigenvalue weighted by Crippen LogP contribution is 2.27. The second-order valence-electron chi connectivity index (χ2n) is 6.02. The second kappa shape index (κ2) is 5.66. The largest absolute Gasteiger partial charge is 0.399 e. The van der Waals surface area contributed by atoms with Crippen LogP contribution in [-0.4, -0.2) is 37.0 Å². The molecule has 1 aliphatic rings. The number of carbonyl (C=O) groups excluding carboxylic acids is 1. The van der Waals surface area contributed by atoms with Crippen LogP contribution in [-0.2, 0) is 0 Å². The highest BCUT2D eigenvalue weighted by molar-refractivity contribution is 7.20. The Labute approximate surface area is 128 Å². The molecule has 3 rings (SSSR count). The smallest absolute Gasteiger partial charge is 0.261 e. The lowest BCUT2D eigenvalue weighted by Crippen LogP contribution is -2.48. The lowest BCUT2D eigenvalue weighted by atomic mass is 9.94. The molecule has 2 aromatic rings. The summed E-state index contributed by atoms with van der Waals surface area (Å²) in [6.45, 7) is 4.28. The number of rotatable bonds is 2. The highest BCUT2D eigenvalue weighted by Gasteiger charge is 2.26. The number of hydrogen-bond acceptors (Lipinski definition) is 4. The normalized spacial score (nSPS) is 23.3. The van der Waals surface area contributed by atoms with Crippen LogP contribution < -0.4 is 11.1 Å². The number of amides is 1. The molecule has 1 saturated heterocycles. The molecule has 1 aromatic heterocycles. The number of nitrogen functional groups attached to an aromatic ring is 1. The standard InChI is InChI=1S/C16H21N3OS/c1-10-9-19(2)6-5-13(10)18-16(20)15-8-11-7-12(17)3-4-14(11)21-15/h3-4,7-8,10,13H,5-6,9,17H2,1-2H3,(H,18,20). The first kappa shape index (κ1) is 14.4. The minimum absolute atomic E-state index is 0.0381. The van der Waals surface area contributed by atoms with Crippen LogP contribution in [0.25, 0.3) is 10.1 Å². The van der Waals surface area contributed by atoms with E-state index in [1.54, 1.807) is 0 Å². The third kappa shape index (κ3) is 3.04. The minimum atomic E-state index is 0.0381. The number of piperidine rings is 1. The van der Waals surface area contributed by atoms with Crippen LogP contribution in [0.15, 0.2) is 24.3 Å². The number of nitrogens with one attached hydrogen (secondary N) is 1. The lowest BCUT2D eigenvalue weighted by molar-refractivity contribution is 0.0888. The van der Waals surface area contributed by atoms with Crippen LogP contribution >= 0.6 is 11.3 Å². The lowest BCUT2D eigenvalue weighted by Gasteiger charge is -2.35. The number of carbonyl (C=O) groups is 1. The molecule has 0 radical (unpaired) electrons. The molecule has 0 bridgehead atoms. The van der Waals surface area contributed by atoms with Gasteiger partial charge in [-0.1, -0.05) is 6.92 Å². The van der Waals surface area contributed by atoms with Gasteiger partial charge in [-0.25, -0.2) is 0 Å². The molecule has 5 heteroatoms. The molecular weight excluding hydrogens is 282 g/mol. The fourth-order valence-electron chi connectivity index (χ4n) is 2.98. The molecule has 2 heterocycles. The Morgan fingerprint density at radius 1 is 1.43 bits per heavy atom. The summed E-state index contributed by atoms with van der Waals surface area (Å²) in [5.41, 5.74) is 6.52. The summed E-state index contributed by atoms with van der Waals surface area (Å²) in [5, 5.41) is 4.24. The summed E-state index contributed by atoms with van der Waals surface area (Å²) in [7, 11) is 2.13. The van der Waals surface area contributed by atoms with Crippen molar-refractivity contribution in [1.29, 1.82) is 0 Å². The molecule has 0 saturated carbocycles. The molecule has 1 fully saturated rings. The Kier molecular flexibility index (Phi) is 3.87. The molecule has 1 aromatic carbocycles. The van der Waals surface area contributed by atoms with Gasteiger partial charge in [0, 0.05) is 23.0 Å². The zero-order valence-electron chi connectivity index (χ0n) is 12.4. The van der Waals surface area contributed by atoms with Crippen LogP contribution in [0.4, 0.5) is 5.69 Å². The molecule has 4 nitrogen and oxygen atoms in total. The average molecular weight is 303 g/mol. The van der Waals surface area contributed by atoms with E-state index in [2.05, 4.69) is 24.2 Å². The number of thiophene rings is 1. The van der Waals surface area contributed by atoms with Gasteiger partial charge >= 0.3 is 0 Å². The number of nitrogens with two attached hydrogens (primary N) is 1. The number of benzene rings is 1. The maximum atomic E-state index is 12.4. The minimum Gasteiger partial charge on any atom is -0.399 e. The summed E-state index contributed by atoms with van der Waals surface area (Å²) in [6, 6.07) is 7.97. The van der Waals surface area contributed by atoms with Crippen molar-refractivity contribution in [3.05, 3.63) is 29.1 Å². The number of anilines is 1. The van der Waals surface area contributed by atoms with E-state index in [0.29, 0.717) is 5.92 Å². The predicted octanol–water partition coefficient (Wildman–Crippen LogP) is 2.55. The summed E-state index contributed by atoms with van der Waals surface area (Å²) in [4.78, 5) is 15.5. The fourth-order valence-corrected chi connectivity index (χ4v) is 3.93. The van der Waals surface area contributed by atoms with Crippen molar-refractivity contribution in [3.8, 4) is 0 Å². The zero-order valence-corrected chi connectivity index (χ0v) is 13.2. The number of likely N-dealkylation sites (tertiary alicyclic amines) is 1. The van der Waals surface area contributed by atoms with Crippen LogP contribution in [0.2, 0.25) is 0 Å². The molecule has 3 N–H and O–H groups in total. The van der Waals surface area contributed by atoms with Gasteiger partial charge in [0.2, 0.25) is 0 Å². The van der Waals surface area contributed by atoms with E-state index >= 15 is 0 Å². The third-order valence-electron chi connectivity index (χ3n) is 4.19. The van der Waals surface area contributed by atoms with Crippen molar-refractivity contribution in [2.75, 3.05) is 25.9 Å². The van der Waals surface area contributed by atoms with Gasteiger partial charge in [0.25, 0.3) is 5.91 Å². The Hall–Kier alpha value is -1.59. The summed E-state index contributed by atoms with van der Waals surface area (Å²) >= 11 is 1.53. The summed E-state index contributed by atoms with van der Waals surface area (Å²) in [6.07, 6.45) is 1.02. The van der Waals surface area contributed by atoms with E-state index in [1.165, 1.54) is 11.3 Å². The first-order valence-electron chi connectivity index (χ1n) is 7.31. The molecule has 0 spiro atoms. The first-order valence-corrected chi connectivity index (χ1v) is 8.13. The maximum Gasteiger partial charge on any atom is 0.261 e. The van der Waals surface area contributed by atoms with E-state index in [1.807, 2.05) is 24.3 Å². The van der Waals surface area contributed by atoms with Crippen LogP contribution in [0.5, 0.6) is 0 Å². The second-order valence-corrected chi connectivity index (χ2v) is 7.10. The number of nitrogens with zero attached hydrogens (tertiary/aromatic N) is 1. The van der Waals surface area contributed by atoms with Gasteiger partial charge in [-0.05, 0) is 55.6 Å². The Morgan fingerprint density at radius 3 is 3.00 bits per heavy atom. The topological polar surface area (TPSA) is 58.4 Å². The molecule has 112 valence electrons. The van der Waals surface area contributed by atoms with Gasteiger partial charge in [-0.3, -0.25) is 4.79 Å². The summed E-state index contributed by atoms with van der Waals surface area (Å²) in [5.74, 6) is 0.522. The highest BCUT2D eigenvalue weighted by atomic mass is 32.1. The van der Waals surface area contributed by atoms with Crippen molar-refractivity contribution in [2.24, 2.45) is 5.92 Å². The SMILES string of the molecule is CC1CN(C)CCC1NC(=O)c1cc2cc(N)ccc2s1. The zero-order chi connectivity index (χ0) is 15.0. The molecule has 1 amide bonds. The third-order valence-corrected chi connectivity index (χ3v) is 5.30. The van der Waals surface area contributed by atoms with E-state index in [9.17, 15) is 4.79 Å². The van der Waals surface area contributed by atoms with Crippen LogP contribution in [0.3, 0.4) is 0 Å². The Bertz CT molecular complexity index is 667. The van der Waals surface area contributed by atoms with Gasteiger partial charge in [0.05, 0.1) is 4.88 Å². The van der Waals surface area contributed by atoms with Crippen molar-refractivity contribution in [3.63, 3.8) is 0 Å². The monoisotopic (exact) mass is 303 g/mol. The van der Waals surface area contributed by atoms with Crippen LogP contribution in [0.1, 0.15) is 23.0 Å². The predicted molar refractivity (Wildman–Crippen MR) is 88.8 cm³/mol. The van der Waals surface area contributed by atoms with E-state index in [4.69, 9.17) is 5.73 Å². The van der Waals surface area contributed by atoms with E-state index < -0.39 is 0 Å². The van der Waals surface area contributed by atoms with Crippen molar-refractivity contribution >= 4 is 33.0 Å². The average Bonchev–Trinajstić information content (AvgIpc) is 2.85. The molecule has 0 aliphatic carbocycles. The van der Waals surface area contributed by atoms with Crippen LogP contribution in [0, 0.1) is 5.92 Å². The maximum absolute atomic E-state index is 12.4. The van der Waals surface area contributed by atoms with Crippen molar-refractivity contribution < 1.29 is 4.79 Å². The quantitative estimate of drug-likeness (QED) is 0.838. The van der Waals surface area contributed by atoms with Crippen molar-refractivity contribution in [2.45, 2.75) is 19.4 Å². The molecule has 2 unspecified atom stereocenters. The Balaban J connectivity index is 1.74. The van der Waals surface area contributed by atoms with Gasteiger partial charge in [-0.15, -0.1) is 11.3 Å². The fraction of sp³-hybridized carbons (Fsp3) is 0.438. The number of hydrogen-bond donors (Lipinski definition) is 2. The molecule has 2 atom stereocenters. The van der Waals surface area contributed by atoms with Gasteiger partial charge < -0.3 is 16.0 Å². The Morgan fingerprint density at radius 2 is 2.24 bits per heavy atom. The first-order chi connectivity index (χ1) is 10.0. The molecule has 21 heavy (non-hydrogen) atoms. The van der Waals surface area contributed by atoms with Gasteiger partial charge in [0.15, 0.2) is 0 Å². The summed E-state index contributed by atoms with van der Waals surface area (Å²) < 4.78 is 1.10. The number of fused-ring (bicyclic) bond motifs is 1. The van der Waals surface area contributed by atoms with E-state index in [-0.39, 0.29) is 11.9 Å².